The smallest absolute Gasteiger partial charge is 0.237 e. The van der Waals surface area contributed by atoms with E-state index in [1.54, 1.807) is 6.92 Å². The lowest BCUT2D eigenvalue weighted by atomic mass is 9.84. The average Bonchev–Trinajstić information content (AvgIpc) is 2.19. The Bertz CT molecular complexity index is 188. The molecular weight excluding hydrogens is 198 g/mol. The molecule has 0 radical (unpaired) electrons. The van der Waals surface area contributed by atoms with Crippen molar-refractivity contribution in [3.05, 3.63) is 0 Å². The van der Waals surface area contributed by atoms with Gasteiger partial charge in [0.15, 0.2) is 0 Å². The Morgan fingerprint density at radius 1 is 1.29 bits per heavy atom. The minimum Gasteiger partial charge on any atom is -0.352 e. The molecule has 14 heavy (non-hydrogen) atoms. The van der Waals surface area contributed by atoms with E-state index in [0.717, 1.165) is 0 Å². The van der Waals surface area contributed by atoms with Crippen molar-refractivity contribution in [1.29, 1.82) is 0 Å². The molecule has 0 spiro atoms. The second kappa shape index (κ2) is 5.59. The predicted molar refractivity (Wildman–Crippen MR) is 59.5 cm³/mol. The van der Waals surface area contributed by atoms with E-state index >= 15 is 0 Å². The highest BCUT2D eigenvalue weighted by molar-refractivity contribution is 6.30. The number of hydrogen-bond acceptors (Lipinski definition) is 1. The van der Waals surface area contributed by atoms with E-state index in [0.29, 0.717) is 5.92 Å². The number of carbonyl (C=O) groups is 1. The van der Waals surface area contributed by atoms with Crippen LogP contribution in [0.15, 0.2) is 0 Å². The van der Waals surface area contributed by atoms with E-state index in [1.165, 1.54) is 32.1 Å². The van der Waals surface area contributed by atoms with Gasteiger partial charge in [-0.2, -0.15) is 0 Å². The largest absolute Gasteiger partial charge is 0.352 e. The van der Waals surface area contributed by atoms with Gasteiger partial charge in [-0.3, -0.25) is 4.79 Å². The fourth-order valence-electron chi connectivity index (χ4n) is 2.09. The zero-order chi connectivity index (χ0) is 10.6. The molecule has 0 bridgehead atoms. The lowest BCUT2D eigenvalue weighted by Crippen LogP contribution is -2.41. The second-order valence-corrected chi connectivity index (χ2v) is 4.97. The van der Waals surface area contributed by atoms with Gasteiger partial charge in [0, 0.05) is 6.04 Å². The first-order valence-corrected chi connectivity index (χ1v) is 5.99. The number of nitrogens with one attached hydrogen (secondary N) is 1. The number of hydrogen-bond donors (Lipinski definition) is 1. The molecule has 1 unspecified atom stereocenters. The number of halogens is 1. The third-order valence-electron chi connectivity index (χ3n) is 3.09. The third-order valence-corrected chi connectivity index (χ3v) is 3.29. The van der Waals surface area contributed by atoms with Gasteiger partial charge in [0.1, 0.15) is 5.38 Å². The van der Waals surface area contributed by atoms with Crippen LogP contribution in [0.25, 0.3) is 0 Å². The zero-order valence-corrected chi connectivity index (χ0v) is 9.81. The van der Waals surface area contributed by atoms with Crippen LogP contribution in [0.2, 0.25) is 0 Å². The van der Waals surface area contributed by atoms with Crippen LogP contribution >= 0.6 is 11.6 Å². The number of alkyl halides is 1. The minimum atomic E-state index is -0.416. The fourth-order valence-corrected chi connectivity index (χ4v) is 2.15. The van der Waals surface area contributed by atoms with Crippen LogP contribution in [0.3, 0.4) is 0 Å². The molecule has 2 atom stereocenters. The van der Waals surface area contributed by atoms with E-state index in [2.05, 4.69) is 12.2 Å². The molecule has 1 aliphatic carbocycles. The van der Waals surface area contributed by atoms with Crippen molar-refractivity contribution in [3.63, 3.8) is 0 Å². The predicted octanol–water partition coefficient (Wildman–Crippen LogP) is 2.70. The third kappa shape index (κ3) is 3.49. The zero-order valence-electron chi connectivity index (χ0n) is 9.05. The van der Waals surface area contributed by atoms with Gasteiger partial charge in [0.25, 0.3) is 0 Å². The maximum Gasteiger partial charge on any atom is 0.237 e. The molecule has 0 aliphatic heterocycles. The molecule has 82 valence electrons. The standard InChI is InChI=1S/C11H20ClNO/c1-8(12)11(14)13-9(2)10-6-4-3-5-7-10/h8-10H,3-7H2,1-2H3,(H,13,14)/t8?,9-/m1/s1. The molecule has 0 saturated heterocycles. The van der Waals surface area contributed by atoms with Crippen molar-refractivity contribution < 1.29 is 4.79 Å². The van der Waals surface area contributed by atoms with Crippen LogP contribution in [0.5, 0.6) is 0 Å². The van der Waals surface area contributed by atoms with Crippen LogP contribution in [-0.2, 0) is 4.79 Å². The van der Waals surface area contributed by atoms with Crippen LogP contribution in [0, 0.1) is 5.92 Å². The van der Waals surface area contributed by atoms with Crippen molar-refractivity contribution >= 4 is 17.5 Å². The molecule has 0 aromatic heterocycles. The number of rotatable bonds is 3. The van der Waals surface area contributed by atoms with Gasteiger partial charge in [-0.25, -0.2) is 0 Å². The Balaban J connectivity index is 2.32. The second-order valence-electron chi connectivity index (χ2n) is 4.31. The summed E-state index contributed by atoms with van der Waals surface area (Å²) in [6.07, 6.45) is 6.46. The van der Waals surface area contributed by atoms with E-state index < -0.39 is 5.38 Å². The first-order chi connectivity index (χ1) is 6.61. The first-order valence-electron chi connectivity index (χ1n) is 5.55. The van der Waals surface area contributed by atoms with E-state index in [9.17, 15) is 4.79 Å². The van der Waals surface area contributed by atoms with Crippen molar-refractivity contribution in [2.75, 3.05) is 0 Å². The molecule has 0 aromatic carbocycles. The highest BCUT2D eigenvalue weighted by atomic mass is 35.5. The maximum absolute atomic E-state index is 11.4. The summed E-state index contributed by atoms with van der Waals surface area (Å²) in [5.74, 6) is 0.618. The number of amides is 1. The van der Waals surface area contributed by atoms with Gasteiger partial charge >= 0.3 is 0 Å². The van der Waals surface area contributed by atoms with Gasteiger partial charge in [0.05, 0.1) is 0 Å². The van der Waals surface area contributed by atoms with Crippen LogP contribution < -0.4 is 5.32 Å². The summed E-state index contributed by atoms with van der Waals surface area (Å²) in [4.78, 5) is 11.4. The normalized spacial score (nSPS) is 22.8. The van der Waals surface area contributed by atoms with E-state index in [-0.39, 0.29) is 11.9 Å². The summed E-state index contributed by atoms with van der Waals surface area (Å²) in [6, 6.07) is 0.281. The summed E-state index contributed by atoms with van der Waals surface area (Å²) >= 11 is 5.70. The lowest BCUT2D eigenvalue weighted by molar-refractivity contribution is -0.121. The molecule has 2 nitrogen and oxygen atoms in total. The molecular formula is C11H20ClNO. The molecule has 0 aromatic rings. The lowest BCUT2D eigenvalue weighted by Gasteiger charge is -2.28. The van der Waals surface area contributed by atoms with E-state index in [1.807, 2.05) is 0 Å². The fraction of sp³-hybridized carbons (Fsp3) is 0.909. The Hall–Kier alpha value is -0.240. The monoisotopic (exact) mass is 217 g/mol. The molecule has 0 heterocycles. The van der Waals surface area contributed by atoms with Crippen LogP contribution in [0.4, 0.5) is 0 Å². The summed E-state index contributed by atoms with van der Waals surface area (Å²) in [5.41, 5.74) is 0. The molecule has 1 fully saturated rings. The quantitative estimate of drug-likeness (QED) is 0.724. The van der Waals surface area contributed by atoms with Gasteiger partial charge in [-0.15, -0.1) is 11.6 Å². The number of carbonyl (C=O) groups excluding carboxylic acids is 1. The molecule has 3 heteroatoms. The van der Waals surface area contributed by atoms with Crippen molar-refractivity contribution in [3.8, 4) is 0 Å². The Kier molecular flexibility index (Phi) is 4.73. The van der Waals surface area contributed by atoms with Crippen molar-refractivity contribution in [1.82, 2.24) is 5.32 Å². The van der Waals surface area contributed by atoms with Crippen molar-refractivity contribution in [2.45, 2.75) is 57.4 Å². The molecule has 1 aliphatic rings. The summed E-state index contributed by atoms with van der Waals surface area (Å²) in [6.45, 7) is 3.80. The van der Waals surface area contributed by atoms with Gasteiger partial charge < -0.3 is 5.32 Å². The summed E-state index contributed by atoms with van der Waals surface area (Å²) in [7, 11) is 0. The molecule has 1 N–H and O–H groups in total. The molecule has 1 amide bonds. The average molecular weight is 218 g/mol. The first kappa shape index (κ1) is 11.8. The van der Waals surface area contributed by atoms with Gasteiger partial charge in [0.2, 0.25) is 5.91 Å². The Morgan fingerprint density at radius 3 is 2.36 bits per heavy atom. The van der Waals surface area contributed by atoms with Crippen molar-refractivity contribution in [2.24, 2.45) is 5.92 Å². The highest BCUT2D eigenvalue weighted by Gasteiger charge is 2.22. The summed E-state index contributed by atoms with van der Waals surface area (Å²) in [5, 5.41) is 2.56. The maximum atomic E-state index is 11.4. The SMILES string of the molecule is CC(Cl)C(=O)N[C@H](C)C1CCCCC1. The van der Waals surface area contributed by atoms with E-state index in [4.69, 9.17) is 11.6 Å². The highest BCUT2D eigenvalue weighted by Crippen LogP contribution is 2.26. The van der Waals surface area contributed by atoms with Crippen LogP contribution in [0.1, 0.15) is 46.0 Å². The minimum absolute atomic E-state index is 0.0373. The Labute approximate surface area is 91.4 Å². The molecule has 1 saturated carbocycles. The van der Waals surface area contributed by atoms with Gasteiger partial charge in [-0.05, 0) is 32.6 Å². The molecule has 1 rings (SSSR count). The Morgan fingerprint density at radius 2 is 1.86 bits per heavy atom. The van der Waals surface area contributed by atoms with Crippen LogP contribution in [-0.4, -0.2) is 17.3 Å². The summed E-state index contributed by atoms with van der Waals surface area (Å²) < 4.78 is 0. The van der Waals surface area contributed by atoms with Gasteiger partial charge in [-0.1, -0.05) is 19.3 Å². The topological polar surface area (TPSA) is 29.1 Å².